The average molecular weight is 393 g/mol. The number of anilines is 1. The van der Waals surface area contributed by atoms with Gasteiger partial charge in [-0.2, -0.15) is 8.78 Å². The highest BCUT2D eigenvalue weighted by Crippen LogP contribution is 2.45. The molecule has 1 aromatic carbocycles. The van der Waals surface area contributed by atoms with Gasteiger partial charge in [-0.25, -0.2) is 9.18 Å². The minimum atomic E-state index is -3.27. The van der Waals surface area contributed by atoms with Gasteiger partial charge in [0, 0.05) is 30.6 Å². The first kappa shape index (κ1) is 17.5. The molecule has 5 rings (SSSR count). The van der Waals surface area contributed by atoms with E-state index in [-0.39, 0.29) is 30.2 Å². The van der Waals surface area contributed by atoms with E-state index in [1.165, 1.54) is 4.57 Å². The van der Waals surface area contributed by atoms with Crippen molar-refractivity contribution >= 4 is 16.6 Å². The van der Waals surface area contributed by atoms with Gasteiger partial charge in [-0.05, 0) is 37.5 Å². The standard InChI is InChI=1S/C19H18F3N3O3/c1-8-14-11(17(27)23-18(28)25(14)10-2-3-10)4-13(20)15(8)24-6-9-5-19(21,22)16(26)12(9)7-24/h4-5,10,12,16,26H,2-3,6-7H2,1H3,(H,23,27,28). The summed E-state index contributed by atoms with van der Waals surface area (Å²) >= 11 is 0. The predicted molar refractivity (Wildman–Crippen MR) is 96.5 cm³/mol. The lowest BCUT2D eigenvalue weighted by molar-refractivity contribution is -0.0737. The number of nitrogens with one attached hydrogen (secondary N) is 1. The molecule has 9 heteroatoms. The monoisotopic (exact) mass is 393 g/mol. The highest BCUT2D eigenvalue weighted by Gasteiger charge is 2.52. The van der Waals surface area contributed by atoms with Crippen LogP contribution in [0.4, 0.5) is 18.9 Å². The van der Waals surface area contributed by atoms with Crippen molar-refractivity contribution in [2.75, 3.05) is 18.0 Å². The summed E-state index contributed by atoms with van der Waals surface area (Å²) in [6.07, 6.45) is 0.533. The molecule has 1 saturated heterocycles. The van der Waals surface area contributed by atoms with E-state index in [9.17, 15) is 27.9 Å². The molecule has 2 heterocycles. The fraction of sp³-hybridized carbons (Fsp3) is 0.474. The third kappa shape index (κ3) is 2.32. The van der Waals surface area contributed by atoms with Crippen molar-refractivity contribution in [2.45, 2.75) is 37.8 Å². The molecule has 2 N–H and O–H groups in total. The van der Waals surface area contributed by atoms with E-state index in [1.54, 1.807) is 11.8 Å². The second kappa shape index (κ2) is 5.50. The zero-order valence-electron chi connectivity index (χ0n) is 15.0. The maximum Gasteiger partial charge on any atom is 0.329 e. The van der Waals surface area contributed by atoms with Crippen LogP contribution in [0.1, 0.15) is 24.4 Å². The lowest BCUT2D eigenvalue weighted by Gasteiger charge is -2.25. The number of aliphatic hydroxyl groups is 1. The minimum absolute atomic E-state index is 0.0370. The summed E-state index contributed by atoms with van der Waals surface area (Å²) in [7, 11) is 0. The lowest BCUT2D eigenvalue weighted by Crippen LogP contribution is -2.36. The molecular formula is C19H18F3N3O3. The van der Waals surface area contributed by atoms with Crippen LogP contribution in [0, 0.1) is 18.7 Å². The largest absolute Gasteiger partial charge is 0.386 e. The van der Waals surface area contributed by atoms with Gasteiger partial charge in [0.1, 0.15) is 11.9 Å². The number of hydrogen-bond donors (Lipinski definition) is 2. The number of alkyl halides is 2. The third-order valence-electron chi connectivity index (χ3n) is 6.04. The van der Waals surface area contributed by atoms with E-state index in [1.807, 2.05) is 0 Å². The van der Waals surface area contributed by atoms with E-state index < -0.39 is 35.0 Å². The topological polar surface area (TPSA) is 78.3 Å². The fourth-order valence-electron chi connectivity index (χ4n) is 4.62. The summed E-state index contributed by atoms with van der Waals surface area (Å²) in [6.45, 7) is 1.74. The predicted octanol–water partition coefficient (Wildman–Crippen LogP) is 1.84. The summed E-state index contributed by atoms with van der Waals surface area (Å²) < 4.78 is 43.9. The van der Waals surface area contributed by atoms with Gasteiger partial charge in [0.2, 0.25) is 0 Å². The van der Waals surface area contributed by atoms with Gasteiger partial charge in [0.15, 0.2) is 0 Å². The van der Waals surface area contributed by atoms with Crippen LogP contribution in [-0.4, -0.2) is 39.8 Å². The number of H-pyrrole nitrogens is 1. The van der Waals surface area contributed by atoms with Crippen molar-refractivity contribution in [3.05, 3.63) is 49.9 Å². The minimum Gasteiger partial charge on any atom is -0.386 e. The van der Waals surface area contributed by atoms with Crippen LogP contribution in [0.25, 0.3) is 10.9 Å². The lowest BCUT2D eigenvalue weighted by atomic mass is 10.0. The molecule has 1 saturated carbocycles. The number of benzene rings is 1. The first-order valence-electron chi connectivity index (χ1n) is 9.19. The molecule has 1 aromatic heterocycles. The van der Waals surface area contributed by atoms with E-state index in [4.69, 9.17) is 0 Å². The fourth-order valence-corrected chi connectivity index (χ4v) is 4.62. The zero-order chi connectivity index (χ0) is 20.0. The van der Waals surface area contributed by atoms with Crippen LogP contribution >= 0.6 is 0 Å². The second-order valence-corrected chi connectivity index (χ2v) is 7.91. The number of rotatable bonds is 2. The zero-order valence-corrected chi connectivity index (χ0v) is 15.0. The van der Waals surface area contributed by atoms with Crippen molar-refractivity contribution in [3.63, 3.8) is 0 Å². The van der Waals surface area contributed by atoms with Crippen LogP contribution in [0.3, 0.4) is 0 Å². The van der Waals surface area contributed by atoms with Crippen LogP contribution < -0.4 is 16.1 Å². The van der Waals surface area contributed by atoms with Gasteiger partial charge in [0.25, 0.3) is 11.5 Å². The summed E-state index contributed by atoms with van der Waals surface area (Å²) in [4.78, 5) is 28.4. The third-order valence-corrected chi connectivity index (χ3v) is 6.04. The number of nitrogens with zero attached hydrogens (tertiary/aromatic N) is 2. The van der Waals surface area contributed by atoms with Gasteiger partial charge in [-0.3, -0.25) is 14.3 Å². The molecule has 3 aliphatic rings. The molecule has 0 spiro atoms. The summed E-state index contributed by atoms with van der Waals surface area (Å²) in [5.74, 6) is -4.70. The summed E-state index contributed by atoms with van der Waals surface area (Å²) in [5.41, 5.74) is 0.175. The van der Waals surface area contributed by atoms with Crippen molar-refractivity contribution in [3.8, 4) is 0 Å². The van der Waals surface area contributed by atoms with E-state index in [0.717, 1.165) is 25.0 Å². The Morgan fingerprint density at radius 2 is 2.00 bits per heavy atom. The highest BCUT2D eigenvalue weighted by molar-refractivity contribution is 5.87. The Hall–Kier alpha value is -2.55. The number of hydrogen-bond acceptors (Lipinski definition) is 4. The Balaban J connectivity index is 1.69. The molecule has 0 amide bonds. The van der Waals surface area contributed by atoms with E-state index in [0.29, 0.717) is 16.7 Å². The SMILES string of the molecule is Cc1c(N2CC3=CC(F)(F)C(O)C3C2)c(F)cc2c(=O)[nH]c(=O)n(C3CC3)c12. The van der Waals surface area contributed by atoms with Crippen molar-refractivity contribution in [1.82, 2.24) is 9.55 Å². The molecule has 2 atom stereocenters. The molecule has 148 valence electrons. The second-order valence-electron chi connectivity index (χ2n) is 7.91. The Morgan fingerprint density at radius 1 is 1.29 bits per heavy atom. The van der Waals surface area contributed by atoms with Gasteiger partial charge >= 0.3 is 5.69 Å². The molecule has 2 fully saturated rings. The Kier molecular flexibility index (Phi) is 3.44. The van der Waals surface area contributed by atoms with Crippen LogP contribution in [0.2, 0.25) is 0 Å². The molecule has 6 nitrogen and oxygen atoms in total. The number of aryl methyl sites for hydroxylation is 1. The molecule has 28 heavy (non-hydrogen) atoms. The van der Waals surface area contributed by atoms with Gasteiger partial charge in [0.05, 0.1) is 16.6 Å². The molecular weight excluding hydrogens is 375 g/mol. The molecule has 2 unspecified atom stereocenters. The number of aromatic nitrogens is 2. The first-order chi connectivity index (χ1) is 13.2. The van der Waals surface area contributed by atoms with Crippen LogP contribution in [0.15, 0.2) is 27.3 Å². The number of aromatic amines is 1. The highest BCUT2D eigenvalue weighted by atomic mass is 19.3. The first-order valence-corrected chi connectivity index (χ1v) is 9.19. The number of aliphatic hydroxyl groups excluding tert-OH is 1. The van der Waals surface area contributed by atoms with Crippen LogP contribution in [0.5, 0.6) is 0 Å². The quantitative estimate of drug-likeness (QED) is 0.764. The van der Waals surface area contributed by atoms with Crippen LogP contribution in [-0.2, 0) is 0 Å². The molecule has 0 radical (unpaired) electrons. The van der Waals surface area contributed by atoms with Crippen molar-refractivity contribution < 1.29 is 18.3 Å². The molecule has 1 aliphatic heterocycles. The molecule has 2 aliphatic carbocycles. The van der Waals surface area contributed by atoms with Gasteiger partial charge < -0.3 is 10.0 Å². The number of fused-ring (bicyclic) bond motifs is 2. The van der Waals surface area contributed by atoms with Gasteiger partial charge in [-0.15, -0.1) is 0 Å². The molecule has 2 aromatic rings. The van der Waals surface area contributed by atoms with Crippen molar-refractivity contribution in [1.29, 1.82) is 0 Å². The maximum absolute atomic E-state index is 15.0. The Bertz CT molecular complexity index is 1160. The molecule has 0 bridgehead atoms. The Labute approximate surface area is 156 Å². The van der Waals surface area contributed by atoms with Crippen molar-refractivity contribution in [2.24, 2.45) is 5.92 Å². The Morgan fingerprint density at radius 3 is 2.64 bits per heavy atom. The van der Waals surface area contributed by atoms with E-state index in [2.05, 4.69) is 4.98 Å². The summed E-state index contributed by atoms with van der Waals surface area (Å²) in [6, 6.07) is 1.06. The average Bonchev–Trinajstić information content (AvgIpc) is 3.32. The smallest absolute Gasteiger partial charge is 0.329 e. The van der Waals surface area contributed by atoms with E-state index >= 15 is 0 Å². The number of halogens is 3. The normalized spacial score (nSPS) is 26.0. The van der Waals surface area contributed by atoms with Gasteiger partial charge in [-0.1, -0.05) is 0 Å². The maximum atomic E-state index is 15.0. The summed E-state index contributed by atoms with van der Waals surface area (Å²) in [5, 5.41) is 9.98.